The first-order chi connectivity index (χ1) is 16.2. The number of fused-ring (bicyclic) bond motifs is 1. The molecular formula is C21H16N4O8S. The zero-order valence-electron chi connectivity index (χ0n) is 17.8. The molecule has 3 aromatic rings. The molecule has 3 heterocycles. The number of carbonyl (C=O) groups is 1. The van der Waals surface area contributed by atoms with Gasteiger partial charge in [-0.2, -0.15) is 0 Å². The van der Waals surface area contributed by atoms with Crippen molar-refractivity contribution < 1.29 is 23.8 Å². The number of non-ortho nitro benzene ring substituents is 1. The summed E-state index contributed by atoms with van der Waals surface area (Å²) in [6.45, 7) is 3.33. The minimum Gasteiger partial charge on any atom is -0.463 e. The third-order valence-corrected chi connectivity index (χ3v) is 6.01. The van der Waals surface area contributed by atoms with E-state index >= 15 is 0 Å². The molecule has 4 rings (SSSR count). The second kappa shape index (κ2) is 8.86. The van der Waals surface area contributed by atoms with Gasteiger partial charge in [-0.1, -0.05) is 11.3 Å². The summed E-state index contributed by atoms with van der Waals surface area (Å²) in [5, 5.41) is 21.9. The molecule has 1 aliphatic rings. The van der Waals surface area contributed by atoms with E-state index in [9.17, 15) is 29.8 Å². The SMILES string of the molecule is CCOC(=O)C1=C(C)n2c(s/c(=C/c3ccc([N+](=O)[O-])o3)c2=O)=N[C@@H]1c1ccc([N+](=O)[O-])cc1. The van der Waals surface area contributed by atoms with Crippen LogP contribution < -0.4 is 14.9 Å². The lowest BCUT2D eigenvalue weighted by atomic mass is 9.96. The van der Waals surface area contributed by atoms with Crippen LogP contribution in [0.4, 0.5) is 11.6 Å². The van der Waals surface area contributed by atoms with Crippen molar-refractivity contribution >= 4 is 40.7 Å². The summed E-state index contributed by atoms with van der Waals surface area (Å²) in [6.07, 6.45) is 1.36. The lowest BCUT2D eigenvalue weighted by Crippen LogP contribution is -2.35. The van der Waals surface area contributed by atoms with Crippen LogP contribution in [0.3, 0.4) is 0 Å². The third kappa shape index (κ3) is 4.03. The Morgan fingerprint density at radius 1 is 1.21 bits per heavy atom. The van der Waals surface area contributed by atoms with Crippen LogP contribution in [0.15, 0.2) is 56.2 Å². The number of ether oxygens (including phenoxy) is 1. The number of allylic oxidation sites excluding steroid dienone is 1. The molecule has 0 saturated carbocycles. The standard InChI is InChI=1S/C21H16N4O8S/c1-3-32-20(27)17-11(2)23-19(26)15(10-14-8-9-16(33-14)25(30)31)34-21(23)22-18(17)12-4-6-13(7-5-12)24(28)29/h4-10,18H,3H2,1-2H3/b15-10+/t18-/m1/s1. The van der Waals surface area contributed by atoms with Crippen LogP contribution in [0.2, 0.25) is 0 Å². The van der Waals surface area contributed by atoms with Gasteiger partial charge >= 0.3 is 11.9 Å². The Morgan fingerprint density at radius 3 is 2.50 bits per heavy atom. The van der Waals surface area contributed by atoms with Crippen molar-refractivity contribution in [1.29, 1.82) is 0 Å². The van der Waals surface area contributed by atoms with Crippen molar-refractivity contribution in [3.05, 3.63) is 93.2 Å². The normalized spacial score (nSPS) is 15.6. The van der Waals surface area contributed by atoms with Gasteiger partial charge in [-0.15, -0.1) is 0 Å². The van der Waals surface area contributed by atoms with E-state index in [0.717, 1.165) is 11.3 Å². The predicted octanol–water partition coefficient (Wildman–Crippen LogP) is 2.32. The first-order valence-corrected chi connectivity index (χ1v) is 10.7. The van der Waals surface area contributed by atoms with Crippen molar-refractivity contribution in [3.8, 4) is 0 Å². The average Bonchev–Trinajstić information content (AvgIpc) is 3.39. The number of benzene rings is 1. The number of thiazole rings is 1. The van der Waals surface area contributed by atoms with Crippen LogP contribution in [0.1, 0.15) is 31.2 Å². The number of nitro benzene ring substituents is 1. The van der Waals surface area contributed by atoms with Gasteiger partial charge in [0.25, 0.3) is 11.2 Å². The van der Waals surface area contributed by atoms with E-state index in [4.69, 9.17) is 9.15 Å². The van der Waals surface area contributed by atoms with E-state index in [-0.39, 0.29) is 33.0 Å². The summed E-state index contributed by atoms with van der Waals surface area (Å²) in [5.74, 6) is -1.01. The zero-order valence-corrected chi connectivity index (χ0v) is 18.6. The maximum atomic E-state index is 13.1. The fourth-order valence-electron chi connectivity index (χ4n) is 3.48. The molecule has 12 nitrogen and oxygen atoms in total. The topological polar surface area (TPSA) is 160 Å². The van der Waals surface area contributed by atoms with E-state index in [0.29, 0.717) is 11.3 Å². The summed E-state index contributed by atoms with van der Waals surface area (Å²) in [5.41, 5.74) is 0.341. The van der Waals surface area contributed by atoms with Crippen LogP contribution in [0, 0.1) is 20.2 Å². The molecule has 1 aliphatic heterocycles. The van der Waals surface area contributed by atoms with E-state index < -0.39 is 33.3 Å². The zero-order chi connectivity index (χ0) is 24.6. The van der Waals surface area contributed by atoms with Gasteiger partial charge < -0.3 is 9.15 Å². The number of esters is 1. The molecule has 0 radical (unpaired) electrons. The van der Waals surface area contributed by atoms with Crippen molar-refractivity contribution in [2.75, 3.05) is 6.61 Å². The predicted molar refractivity (Wildman–Crippen MR) is 120 cm³/mol. The molecule has 1 atom stereocenters. The largest absolute Gasteiger partial charge is 0.463 e. The molecular weight excluding hydrogens is 468 g/mol. The average molecular weight is 484 g/mol. The van der Waals surface area contributed by atoms with Crippen LogP contribution in [-0.2, 0) is 9.53 Å². The first kappa shape index (κ1) is 22.8. The second-order valence-electron chi connectivity index (χ2n) is 7.07. The van der Waals surface area contributed by atoms with Gasteiger partial charge in [0.2, 0.25) is 0 Å². The quantitative estimate of drug-likeness (QED) is 0.293. The van der Waals surface area contributed by atoms with Crippen molar-refractivity contribution in [1.82, 2.24) is 4.57 Å². The number of nitro groups is 2. The lowest BCUT2D eigenvalue weighted by Gasteiger charge is -2.22. The van der Waals surface area contributed by atoms with Crippen molar-refractivity contribution in [2.45, 2.75) is 19.9 Å². The Kier molecular flexibility index (Phi) is 5.94. The fourth-order valence-corrected chi connectivity index (χ4v) is 4.50. The number of aromatic nitrogens is 1. The van der Waals surface area contributed by atoms with Gasteiger partial charge in [0.05, 0.1) is 23.2 Å². The van der Waals surface area contributed by atoms with Gasteiger partial charge in [0.15, 0.2) is 4.80 Å². The molecule has 0 unspecified atom stereocenters. The fraction of sp³-hybridized carbons (Fsp3) is 0.190. The summed E-state index contributed by atoms with van der Waals surface area (Å²) in [6, 6.07) is 7.30. The highest BCUT2D eigenvalue weighted by Crippen LogP contribution is 2.33. The summed E-state index contributed by atoms with van der Waals surface area (Å²) in [4.78, 5) is 51.4. The number of rotatable bonds is 6. The molecule has 0 saturated heterocycles. The third-order valence-electron chi connectivity index (χ3n) is 5.03. The highest BCUT2D eigenvalue weighted by Gasteiger charge is 2.31. The number of furan rings is 1. The van der Waals surface area contributed by atoms with Crippen molar-refractivity contribution in [3.63, 3.8) is 0 Å². The molecule has 34 heavy (non-hydrogen) atoms. The minimum absolute atomic E-state index is 0.101. The van der Waals surface area contributed by atoms with E-state index in [2.05, 4.69) is 4.99 Å². The van der Waals surface area contributed by atoms with Crippen molar-refractivity contribution in [2.24, 2.45) is 4.99 Å². The van der Waals surface area contributed by atoms with E-state index in [1.807, 2.05) is 0 Å². The molecule has 0 aliphatic carbocycles. The van der Waals surface area contributed by atoms with Crippen LogP contribution in [-0.4, -0.2) is 27.0 Å². The Bertz CT molecular complexity index is 1530. The first-order valence-electron chi connectivity index (χ1n) is 9.89. The van der Waals surface area contributed by atoms with Crippen LogP contribution in [0.5, 0.6) is 0 Å². The highest BCUT2D eigenvalue weighted by atomic mass is 32.1. The Hall–Kier alpha value is -4.39. The van der Waals surface area contributed by atoms with Gasteiger partial charge in [-0.25, -0.2) is 9.79 Å². The van der Waals surface area contributed by atoms with Gasteiger partial charge in [-0.05, 0) is 37.6 Å². The van der Waals surface area contributed by atoms with Crippen LogP contribution >= 0.6 is 11.3 Å². The minimum atomic E-state index is -0.851. The Morgan fingerprint density at radius 2 is 1.91 bits per heavy atom. The molecule has 0 N–H and O–H groups in total. The summed E-state index contributed by atoms with van der Waals surface area (Å²) < 4.78 is 11.7. The van der Waals surface area contributed by atoms with E-state index in [1.165, 1.54) is 47.0 Å². The Balaban J connectivity index is 1.90. The number of carbonyl (C=O) groups excluding carboxylic acids is 1. The Labute approximate surface area is 194 Å². The lowest BCUT2D eigenvalue weighted by molar-refractivity contribution is -0.402. The monoisotopic (exact) mass is 484 g/mol. The molecule has 0 spiro atoms. The van der Waals surface area contributed by atoms with Gasteiger partial charge in [-0.3, -0.25) is 29.6 Å². The molecule has 0 bridgehead atoms. The molecule has 0 fully saturated rings. The maximum absolute atomic E-state index is 13.1. The maximum Gasteiger partial charge on any atom is 0.433 e. The van der Waals surface area contributed by atoms with Gasteiger partial charge in [0.1, 0.15) is 21.3 Å². The summed E-state index contributed by atoms with van der Waals surface area (Å²) >= 11 is 1.02. The number of hydrogen-bond donors (Lipinski definition) is 0. The molecule has 1 aromatic carbocycles. The van der Waals surface area contributed by atoms with E-state index in [1.54, 1.807) is 13.8 Å². The second-order valence-corrected chi connectivity index (χ2v) is 8.08. The molecule has 2 aromatic heterocycles. The molecule has 13 heteroatoms. The number of hydrogen-bond acceptors (Lipinski definition) is 10. The van der Waals surface area contributed by atoms with Gasteiger partial charge in [0, 0.05) is 23.9 Å². The summed E-state index contributed by atoms with van der Waals surface area (Å²) in [7, 11) is 0. The smallest absolute Gasteiger partial charge is 0.433 e. The highest BCUT2D eigenvalue weighted by molar-refractivity contribution is 7.07. The number of nitrogens with zero attached hydrogens (tertiary/aromatic N) is 4. The molecule has 174 valence electrons. The van der Waals surface area contributed by atoms with Crippen LogP contribution in [0.25, 0.3) is 11.8 Å². The molecule has 0 amide bonds.